The van der Waals surface area contributed by atoms with Gasteiger partial charge in [-0.2, -0.15) is 0 Å². The fourth-order valence-electron chi connectivity index (χ4n) is 2.74. The quantitative estimate of drug-likeness (QED) is 0.662. The molecule has 0 N–H and O–H groups in total. The SMILES string of the molecule is CC(C)CC(C)C[CH]([InH2])C(C)CC(C)C. The Bertz CT molecular complexity index is 151. The van der Waals surface area contributed by atoms with Crippen LogP contribution in [0.5, 0.6) is 0 Å². The van der Waals surface area contributed by atoms with E-state index in [9.17, 15) is 0 Å². The molecule has 0 radical (unpaired) electrons. The molecule has 0 aromatic rings. The van der Waals surface area contributed by atoms with Crippen LogP contribution in [0.15, 0.2) is 0 Å². The van der Waals surface area contributed by atoms with Crippen molar-refractivity contribution in [3.8, 4) is 0 Å². The molecule has 0 aliphatic carbocycles. The van der Waals surface area contributed by atoms with Crippen LogP contribution in [0.2, 0.25) is 3.67 Å². The second kappa shape index (κ2) is 8.03. The molecule has 3 unspecified atom stereocenters. The molecule has 90 valence electrons. The Hall–Kier alpha value is 0.870. The zero-order valence-electron chi connectivity index (χ0n) is 12.0. The molecule has 0 amide bonds. The van der Waals surface area contributed by atoms with E-state index in [1.54, 1.807) is 0 Å². The average Bonchev–Trinajstić information content (AvgIpc) is 2.00. The zero-order chi connectivity index (χ0) is 12.0. The van der Waals surface area contributed by atoms with Crippen molar-refractivity contribution < 1.29 is 0 Å². The van der Waals surface area contributed by atoms with E-state index in [4.69, 9.17) is 0 Å². The van der Waals surface area contributed by atoms with Gasteiger partial charge < -0.3 is 0 Å². The first-order chi connectivity index (χ1) is 6.82. The van der Waals surface area contributed by atoms with Gasteiger partial charge in [0.1, 0.15) is 0 Å². The zero-order valence-corrected chi connectivity index (χ0v) is 17.7. The Balaban J connectivity index is 3.84. The van der Waals surface area contributed by atoms with Gasteiger partial charge >= 0.3 is 113 Å². The first kappa shape index (κ1) is 15.9. The van der Waals surface area contributed by atoms with Crippen LogP contribution in [0.25, 0.3) is 0 Å². The Kier molecular flexibility index (Phi) is 8.50. The molecular formula is C14H31In. The van der Waals surface area contributed by atoms with Gasteiger partial charge in [0, 0.05) is 0 Å². The molecule has 0 heterocycles. The van der Waals surface area contributed by atoms with Gasteiger partial charge in [-0.1, -0.05) is 0 Å². The van der Waals surface area contributed by atoms with Gasteiger partial charge in [-0.25, -0.2) is 0 Å². The van der Waals surface area contributed by atoms with Gasteiger partial charge in [0.2, 0.25) is 0 Å². The molecule has 3 atom stereocenters. The van der Waals surface area contributed by atoms with Crippen molar-refractivity contribution >= 4 is 24.4 Å². The standard InChI is InChI=1S/C14H29.In.2H/c1-11(2)9-13(5)7-8-14(6)10-12(3)4;;;/h7,11-14H,8-10H2,1-6H3;;;. The maximum atomic E-state index is 2.48. The van der Waals surface area contributed by atoms with Crippen molar-refractivity contribution in [1.82, 2.24) is 0 Å². The topological polar surface area (TPSA) is 0 Å². The Morgan fingerprint density at radius 1 is 0.733 bits per heavy atom. The maximum absolute atomic E-state index is 2.48. The molecular weight excluding hydrogens is 283 g/mol. The van der Waals surface area contributed by atoms with Gasteiger partial charge in [-0.15, -0.1) is 0 Å². The molecule has 0 fully saturated rings. The monoisotopic (exact) mass is 314 g/mol. The molecule has 0 aliphatic rings. The number of rotatable bonds is 7. The van der Waals surface area contributed by atoms with E-state index >= 15 is 0 Å². The third-order valence-electron chi connectivity index (χ3n) is 3.46. The van der Waals surface area contributed by atoms with Crippen LogP contribution in [-0.2, 0) is 0 Å². The first-order valence-electron chi connectivity index (χ1n) is 6.82. The van der Waals surface area contributed by atoms with Gasteiger partial charge in [-0.05, 0) is 0 Å². The van der Waals surface area contributed by atoms with E-state index in [1.165, 1.54) is 19.3 Å². The summed E-state index contributed by atoms with van der Waals surface area (Å²) < 4.78 is 1.10. The van der Waals surface area contributed by atoms with Gasteiger partial charge in [-0.3, -0.25) is 0 Å². The molecule has 1 heteroatoms. The number of hydrogen-bond donors (Lipinski definition) is 0. The summed E-state index contributed by atoms with van der Waals surface area (Å²) in [6.07, 6.45) is 4.36. The molecule has 0 saturated carbocycles. The van der Waals surface area contributed by atoms with E-state index in [0.717, 1.165) is 51.7 Å². The van der Waals surface area contributed by atoms with Crippen LogP contribution in [-0.4, -0.2) is 24.4 Å². The molecule has 15 heavy (non-hydrogen) atoms. The Labute approximate surface area is 112 Å². The summed E-state index contributed by atoms with van der Waals surface area (Å²) in [5.74, 6) is 3.69. The van der Waals surface area contributed by atoms with E-state index in [1.807, 2.05) is 0 Å². The Morgan fingerprint density at radius 3 is 1.60 bits per heavy atom. The van der Waals surface area contributed by atoms with Crippen LogP contribution >= 0.6 is 0 Å². The first-order valence-corrected chi connectivity index (χ1v) is 10.1. The molecule has 0 saturated heterocycles. The minimum atomic E-state index is 0.835. The fourth-order valence-corrected chi connectivity index (χ4v) is 5.82. The van der Waals surface area contributed by atoms with E-state index in [-0.39, 0.29) is 0 Å². The van der Waals surface area contributed by atoms with Crippen molar-refractivity contribution in [2.24, 2.45) is 23.7 Å². The summed E-state index contributed by atoms with van der Waals surface area (Å²) in [4.78, 5) is 0. The van der Waals surface area contributed by atoms with Crippen LogP contribution in [0.1, 0.15) is 60.8 Å². The summed E-state index contributed by atoms with van der Waals surface area (Å²) in [5, 5.41) is 0. The molecule has 0 aliphatic heterocycles. The summed E-state index contributed by atoms with van der Waals surface area (Å²) in [7, 11) is 0. The summed E-state index contributed by atoms with van der Waals surface area (Å²) in [6, 6.07) is 0. The Morgan fingerprint density at radius 2 is 1.20 bits per heavy atom. The van der Waals surface area contributed by atoms with Crippen LogP contribution < -0.4 is 0 Å². The molecule has 0 bridgehead atoms. The molecule has 0 rings (SSSR count). The molecule has 0 spiro atoms. The summed E-state index contributed by atoms with van der Waals surface area (Å²) in [5.41, 5.74) is 0. The van der Waals surface area contributed by atoms with Crippen LogP contribution in [0.4, 0.5) is 0 Å². The predicted molar refractivity (Wildman–Crippen MR) is 74.1 cm³/mol. The molecule has 0 nitrogen and oxygen atoms in total. The fraction of sp³-hybridized carbons (Fsp3) is 1.00. The van der Waals surface area contributed by atoms with Gasteiger partial charge in [0.05, 0.1) is 0 Å². The predicted octanol–water partition coefficient (Wildman–Crippen LogP) is 4.16. The van der Waals surface area contributed by atoms with Crippen molar-refractivity contribution in [3.63, 3.8) is 0 Å². The van der Waals surface area contributed by atoms with E-state index < -0.39 is 0 Å². The van der Waals surface area contributed by atoms with Crippen molar-refractivity contribution in [2.45, 2.75) is 64.5 Å². The minimum absolute atomic E-state index is 0.835. The second-order valence-corrected chi connectivity index (χ2v) is 10.8. The van der Waals surface area contributed by atoms with E-state index in [2.05, 4.69) is 41.5 Å². The molecule has 0 aromatic carbocycles. The van der Waals surface area contributed by atoms with Crippen LogP contribution in [0, 0.1) is 23.7 Å². The average molecular weight is 314 g/mol. The van der Waals surface area contributed by atoms with Gasteiger partial charge in [0.15, 0.2) is 0 Å². The third-order valence-corrected chi connectivity index (χ3v) is 8.06. The van der Waals surface area contributed by atoms with Crippen molar-refractivity contribution in [3.05, 3.63) is 0 Å². The summed E-state index contributed by atoms with van der Waals surface area (Å²) in [6.45, 7) is 14.3. The van der Waals surface area contributed by atoms with E-state index in [0.29, 0.717) is 0 Å². The number of hydrogen-bond acceptors (Lipinski definition) is 0. The normalized spacial score (nSPS) is 18.1. The van der Waals surface area contributed by atoms with Crippen molar-refractivity contribution in [1.29, 1.82) is 0 Å². The molecule has 0 aromatic heterocycles. The van der Waals surface area contributed by atoms with Crippen molar-refractivity contribution in [2.75, 3.05) is 0 Å². The third kappa shape index (κ3) is 8.65. The second-order valence-electron chi connectivity index (χ2n) is 6.55. The van der Waals surface area contributed by atoms with Crippen LogP contribution in [0.3, 0.4) is 0 Å². The summed E-state index contributed by atoms with van der Waals surface area (Å²) >= 11 is 0.835. The van der Waals surface area contributed by atoms with Gasteiger partial charge in [0.25, 0.3) is 0 Å².